The van der Waals surface area contributed by atoms with E-state index in [1.807, 2.05) is 97.1 Å². The summed E-state index contributed by atoms with van der Waals surface area (Å²) in [5.74, 6) is 0. The third kappa shape index (κ3) is 5.82. The van der Waals surface area contributed by atoms with Crippen LogP contribution < -0.4 is 9.80 Å². The number of nitriles is 4. The van der Waals surface area contributed by atoms with Crippen LogP contribution >= 0.6 is 0 Å². The second-order valence-electron chi connectivity index (χ2n) is 16.9. The molecule has 0 N–H and O–H groups in total. The zero-order valence-corrected chi connectivity index (χ0v) is 34.4. The molecule has 0 heterocycles. The van der Waals surface area contributed by atoms with Crippen molar-refractivity contribution >= 4 is 34.1 Å². The van der Waals surface area contributed by atoms with Crippen LogP contribution in [0.1, 0.15) is 83.3 Å². The van der Waals surface area contributed by atoms with E-state index in [1.165, 1.54) is 55.6 Å². The van der Waals surface area contributed by atoms with E-state index >= 15 is 0 Å². The molecule has 6 heteroatoms. The standard InChI is InChI=1S/C54H40N6/c1-33-23-43(59(39-15-7-35(29-55)8-16-39)40-17-9-36(30-56)10-18-40)25-49-51(33)45-27-48-46(28-47(45)53(49,3)4)52-34(2)24-44(26-50(52)54(48,5)6)60(41-19-11-37(31-57)12-20-41)42-21-13-38(32-58)14-22-42/h7-28H,1-6H3. The molecule has 0 aromatic heterocycles. The number of aryl methyl sites for hydroxylation is 2. The normalized spacial score (nSPS) is 13.4. The second kappa shape index (κ2) is 13.9. The van der Waals surface area contributed by atoms with Crippen molar-refractivity contribution in [3.63, 3.8) is 0 Å². The number of anilines is 6. The summed E-state index contributed by atoms with van der Waals surface area (Å²) in [6.07, 6.45) is 0. The fraction of sp³-hybridized carbons (Fsp3) is 0.148. The van der Waals surface area contributed by atoms with E-state index in [0.29, 0.717) is 22.3 Å². The van der Waals surface area contributed by atoms with Crippen molar-refractivity contribution in [3.8, 4) is 46.5 Å². The van der Waals surface area contributed by atoms with Gasteiger partial charge in [0.15, 0.2) is 0 Å². The second-order valence-corrected chi connectivity index (χ2v) is 16.9. The van der Waals surface area contributed by atoms with Crippen molar-refractivity contribution in [2.75, 3.05) is 9.80 Å². The molecule has 0 saturated heterocycles. The Morgan fingerprint density at radius 2 is 0.617 bits per heavy atom. The van der Waals surface area contributed by atoms with Gasteiger partial charge in [0.2, 0.25) is 0 Å². The Hall–Kier alpha value is -7.90. The molecule has 2 aliphatic rings. The largest absolute Gasteiger partial charge is 0.310 e. The Morgan fingerprint density at radius 1 is 0.350 bits per heavy atom. The third-order valence-electron chi connectivity index (χ3n) is 12.6. The first-order chi connectivity index (χ1) is 28.9. The maximum Gasteiger partial charge on any atom is 0.0991 e. The minimum atomic E-state index is -0.315. The average molecular weight is 773 g/mol. The van der Waals surface area contributed by atoms with E-state index in [-0.39, 0.29) is 10.8 Å². The van der Waals surface area contributed by atoms with Crippen LogP contribution in [0, 0.1) is 59.2 Å². The van der Waals surface area contributed by atoms with Gasteiger partial charge >= 0.3 is 0 Å². The van der Waals surface area contributed by atoms with Crippen molar-refractivity contribution in [1.29, 1.82) is 21.0 Å². The van der Waals surface area contributed by atoms with E-state index in [9.17, 15) is 21.0 Å². The van der Waals surface area contributed by atoms with E-state index in [1.54, 1.807) is 0 Å². The lowest BCUT2D eigenvalue weighted by molar-refractivity contribution is 0.652. The Bertz CT molecular complexity index is 2740. The number of benzene rings is 7. The highest BCUT2D eigenvalue weighted by Crippen LogP contribution is 2.59. The molecule has 60 heavy (non-hydrogen) atoms. The van der Waals surface area contributed by atoms with Crippen LogP contribution in [0.4, 0.5) is 34.1 Å². The van der Waals surface area contributed by atoms with Gasteiger partial charge in [0.1, 0.15) is 0 Å². The molecule has 0 radical (unpaired) electrons. The molecular formula is C54H40N6. The Balaban J connectivity index is 1.17. The monoisotopic (exact) mass is 772 g/mol. The van der Waals surface area contributed by atoms with Crippen molar-refractivity contribution in [3.05, 3.63) is 189 Å². The molecule has 6 nitrogen and oxygen atoms in total. The lowest BCUT2D eigenvalue weighted by Gasteiger charge is -2.29. The van der Waals surface area contributed by atoms with Crippen molar-refractivity contribution in [2.45, 2.75) is 52.4 Å². The summed E-state index contributed by atoms with van der Waals surface area (Å²) < 4.78 is 0. The summed E-state index contributed by atoms with van der Waals surface area (Å²) in [7, 11) is 0. The summed E-state index contributed by atoms with van der Waals surface area (Å²) in [4.78, 5) is 4.40. The summed E-state index contributed by atoms with van der Waals surface area (Å²) >= 11 is 0. The highest BCUT2D eigenvalue weighted by Gasteiger charge is 2.43. The van der Waals surface area contributed by atoms with E-state index < -0.39 is 0 Å². The van der Waals surface area contributed by atoms with Crippen molar-refractivity contribution < 1.29 is 0 Å². The van der Waals surface area contributed by atoms with Crippen LogP contribution in [-0.2, 0) is 10.8 Å². The van der Waals surface area contributed by atoms with E-state index in [2.05, 4.69) is 112 Å². The SMILES string of the molecule is Cc1cc(N(c2ccc(C#N)cc2)c2ccc(C#N)cc2)cc2c1-c1cc3c(cc1C2(C)C)-c1c(C)cc(N(c2ccc(C#N)cc2)c2ccc(C#N)cc2)cc1C3(C)C. The van der Waals surface area contributed by atoms with Gasteiger partial charge in [-0.15, -0.1) is 0 Å². The molecule has 286 valence electrons. The molecular weight excluding hydrogens is 733 g/mol. The van der Waals surface area contributed by atoms with Gasteiger partial charge in [-0.1, -0.05) is 27.7 Å². The zero-order valence-electron chi connectivity index (χ0n) is 34.4. The highest BCUT2D eigenvalue weighted by atomic mass is 15.1. The minimum Gasteiger partial charge on any atom is -0.310 e. The van der Waals surface area contributed by atoms with Crippen LogP contribution in [0.25, 0.3) is 22.3 Å². The van der Waals surface area contributed by atoms with Gasteiger partial charge in [-0.2, -0.15) is 21.0 Å². The molecule has 7 aromatic rings. The maximum atomic E-state index is 9.54. The first kappa shape index (κ1) is 37.7. The Labute approximate surface area is 351 Å². The van der Waals surface area contributed by atoms with E-state index in [0.717, 1.165) is 34.1 Å². The Morgan fingerprint density at radius 3 is 0.867 bits per heavy atom. The van der Waals surface area contributed by atoms with Crippen LogP contribution in [0.2, 0.25) is 0 Å². The van der Waals surface area contributed by atoms with Gasteiger partial charge in [0.25, 0.3) is 0 Å². The fourth-order valence-electron chi connectivity index (χ4n) is 9.47. The van der Waals surface area contributed by atoms with Crippen molar-refractivity contribution in [2.24, 2.45) is 0 Å². The average Bonchev–Trinajstić information content (AvgIpc) is 3.63. The van der Waals surface area contributed by atoms with Crippen molar-refractivity contribution in [1.82, 2.24) is 0 Å². The van der Waals surface area contributed by atoms with Crippen LogP contribution in [0.3, 0.4) is 0 Å². The molecule has 0 bridgehead atoms. The molecule has 0 spiro atoms. The third-order valence-corrected chi connectivity index (χ3v) is 12.6. The van der Waals surface area contributed by atoms with Gasteiger partial charge in [0.05, 0.1) is 46.5 Å². The molecule has 0 amide bonds. The molecule has 0 fully saturated rings. The number of hydrogen-bond acceptors (Lipinski definition) is 6. The molecule has 0 atom stereocenters. The molecule has 0 aliphatic heterocycles. The van der Waals surface area contributed by atoms with Gasteiger partial charge in [-0.3, -0.25) is 0 Å². The molecule has 0 saturated carbocycles. The number of rotatable bonds is 6. The first-order valence-corrected chi connectivity index (χ1v) is 20.0. The summed E-state index contributed by atoms with van der Waals surface area (Å²) in [6.45, 7) is 13.7. The fourth-order valence-corrected chi connectivity index (χ4v) is 9.47. The Kier molecular flexibility index (Phi) is 8.72. The maximum absolute atomic E-state index is 9.54. The molecule has 9 rings (SSSR count). The zero-order chi connectivity index (χ0) is 42.1. The van der Waals surface area contributed by atoms with Gasteiger partial charge < -0.3 is 9.80 Å². The van der Waals surface area contributed by atoms with Crippen LogP contribution in [0.5, 0.6) is 0 Å². The lowest BCUT2D eigenvalue weighted by Crippen LogP contribution is -2.18. The summed E-state index contributed by atoms with van der Waals surface area (Å²) in [6, 6.07) is 53.6. The highest BCUT2D eigenvalue weighted by molar-refractivity contribution is 5.94. The molecule has 2 aliphatic carbocycles. The lowest BCUT2D eigenvalue weighted by atomic mass is 9.79. The number of nitrogens with zero attached hydrogens (tertiary/aromatic N) is 6. The van der Waals surface area contributed by atoms with Gasteiger partial charge in [-0.05, 0) is 203 Å². The first-order valence-electron chi connectivity index (χ1n) is 20.0. The van der Waals surface area contributed by atoms with Crippen LogP contribution in [0.15, 0.2) is 133 Å². The number of fused-ring (bicyclic) bond motifs is 6. The predicted octanol–water partition coefficient (Wildman–Crippen LogP) is 13.3. The topological polar surface area (TPSA) is 102 Å². The quantitative estimate of drug-likeness (QED) is 0.167. The minimum absolute atomic E-state index is 0.315. The predicted molar refractivity (Wildman–Crippen MR) is 239 cm³/mol. The van der Waals surface area contributed by atoms with Gasteiger partial charge in [0, 0.05) is 45.0 Å². The summed E-state index contributed by atoms with van der Waals surface area (Å²) in [5.41, 5.74) is 20.0. The smallest absolute Gasteiger partial charge is 0.0991 e. The molecule has 0 unspecified atom stereocenters. The molecule has 7 aromatic carbocycles. The number of hydrogen-bond donors (Lipinski definition) is 0. The van der Waals surface area contributed by atoms with Crippen LogP contribution in [-0.4, -0.2) is 0 Å². The summed E-state index contributed by atoms with van der Waals surface area (Å²) in [5, 5.41) is 38.2. The van der Waals surface area contributed by atoms with E-state index in [4.69, 9.17) is 0 Å². The van der Waals surface area contributed by atoms with Gasteiger partial charge in [-0.25, -0.2) is 0 Å².